The van der Waals surface area contributed by atoms with Crippen LogP contribution in [0.5, 0.6) is 5.75 Å². The van der Waals surface area contributed by atoms with Gasteiger partial charge in [-0.25, -0.2) is 4.98 Å². The summed E-state index contributed by atoms with van der Waals surface area (Å²) in [6, 6.07) is 17.1. The molecule has 0 radical (unpaired) electrons. The number of hydrogen-bond acceptors (Lipinski definition) is 6. The minimum absolute atomic E-state index is 0.136. The minimum Gasteiger partial charge on any atom is -0.484 e. The number of carbonyl (C=O) groups is 1. The van der Waals surface area contributed by atoms with Crippen molar-refractivity contribution in [2.75, 3.05) is 12.0 Å². The summed E-state index contributed by atoms with van der Waals surface area (Å²) in [4.78, 5) is 15.2. The molecule has 0 saturated carbocycles. The van der Waals surface area contributed by atoms with E-state index in [1.54, 1.807) is 18.3 Å². The molecule has 1 heterocycles. The van der Waals surface area contributed by atoms with Gasteiger partial charge in [-0.05, 0) is 29.8 Å². The second-order valence-corrected chi connectivity index (χ2v) is 5.96. The molecule has 0 spiro atoms. The topological polar surface area (TPSA) is 89.6 Å². The number of benzene rings is 2. The molecular weight excluding hydrogens is 336 g/mol. The third kappa shape index (κ3) is 4.89. The van der Waals surface area contributed by atoms with Gasteiger partial charge in [-0.1, -0.05) is 30.3 Å². The maximum atomic E-state index is 10.7. The van der Waals surface area contributed by atoms with Crippen LogP contribution in [0, 0.1) is 0 Å². The van der Waals surface area contributed by atoms with Gasteiger partial charge < -0.3 is 10.5 Å². The summed E-state index contributed by atoms with van der Waals surface area (Å²) in [6.45, 7) is -0.136. The largest absolute Gasteiger partial charge is 0.484 e. The fraction of sp³-hybridized carbons (Fsp3) is 0.0556. The molecule has 0 aliphatic rings. The zero-order valence-electron chi connectivity index (χ0n) is 13.3. The summed E-state index contributed by atoms with van der Waals surface area (Å²) in [5.74, 6) is 0.0736. The van der Waals surface area contributed by atoms with E-state index in [0.717, 1.165) is 22.0 Å². The van der Waals surface area contributed by atoms with Crippen molar-refractivity contribution < 1.29 is 9.53 Å². The van der Waals surface area contributed by atoms with Crippen molar-refractivity contribution in [2.45, 2.75) is 0 Å². The zero-order chi connectivity index (χ0) is 17.5. The van der Waals surface area contributed by atoms with E-state index in [9.17, 15) is 4.79 Å². The number of rotatable bonds is 7. The summed E-state index contributed by atoms with van der Waals surface area (Å²) in [7, 11) is 0. The molecule has 126 valence electrons. The molecule has 0 aliphatic carbocycles. The van der Waals surface area contributed by atoms with Crippen LogP contribution in [0.1, 0.15) is 5.56 Å². The SMILES string of the molecule is NC(=O)COc1ccc(C=NNc2nc(-c3ccccc3)cs2)cc1. The first-order valence-corrected chi connectivity index (χ1v) is 8.40. The van der Waals surface area contributed by atoms with Gasteiger partial charge in [0.1, 0.15) is 5.75 Å². The molecule has 3 rings (SSSR count). The lowest BCUT2D eigenvalue weighted by molar-refractivity contribution is -0.119. The van der Waals surface area contributed by atoms with Gasteiger partial charge in [-0.3, -0.25) is 10.2 Å². The maximum Gasteiger partial charge on any atom is 0.255 e. The smallest absolute Gasteiger partial charge is 0.255 e. The molecule has 0 aliphatic heterocycles. The normalized spacial score (nSPS) is 10.7. The Labute approximate surface area is 149 Å². The van der Waals surface area contributed by atoms with Crippen LogP contribution in [0.3, 0.4) is 0 Å². The summed E-state index contributed by atoms with van der Waals surface area (Å²) in [5.41, 5.74) is 10.8. The first kappa shape index (κ1) is 16.7. The molecule has 6 nitrogen and oxygen atoms in total. The Morgan fingerprint density at radius 1 is 1.20 bits per heavy atom. The lowest BCUT2D eigenvalue weighted by Crippen LogP contribution is -2.19. The van der Waals surface area contributed by atoms with E-state index < -0.39 is 5.91 Å². The number of aromatic nitrogens is 1. The third-order valence-electron chi connectivity index (χ3n) is 3.21. The van der Waals surface area contributed by atoms with Crippen molar-refractivity contribution in [1.82, 2.24) is 4.98 Å². The first-order chi connectivity index (χ1) is 12.2. The van der Waals surface area contributed by atoms with Gasteiger partial charge in [0, 0.05) is 10.9 Å². The fourth-order valence-electron chi connectivity index (χ4n) is 2.03. The van der Waals surface area contributed by atoms with Crippen molar-refractivity contribution in [3.8, 4) is 17.0 Å². The average molecular weight is 352 g/mol. The number of ether oxygens (including phenoxy) is 1. The number of nitrogens with one attached hydrogen (secondary N) is 1. The van der Waals surface area contributed by atoms with Gasteiger partial charge >= 0.3 is 0 Å². The Bertz CT molecular complexity index is 860. The molecule has 0 atom stereocenters. The van der Waals surface area contributed by atoms with Crippen molar-refractivity contribution in [1.29, 1.82) is 0 Å². The summed E-state index contributed by atoms with van der Waals surface area (Å²) < 4.78 is 5.20. The minimum atomic E-state index is -0.506. The Kier molecular flexibility index (Phi) is 5.38. The van der Waals surface area contributed by atoms with Crippen LogP contribution in [0.25, 0.3) is 11.3 Å². The standard InChI is InChI=1S/C18H16N4O2S/c19-17(23)11-24-15-8-6-13(7-9-15)10-20-22-18-21-16(12-25-18)14-4-2-1-3-5-14/h1-10,12H,11H2,(H2,19,23)(H,21,22). The highest BCUT2D eigenvalue weighted by atomic mass is 32.1. The van der Waals surface area contributed by atoms with Crippen LogP contribution in [0.4, 0.5) is 5.13 Å². The summed E-state index contributed by atoms with van der Waals surface area (Å²) in [6.07, 6.45) is 1.68. The van der Waals surface area contributed by atoms with E-state index in [1.165, 1.54) is 11.3 Å². The second-order valence-electron chi connectivity index (χ2n) is 5.10. The predicted octanol–water partition coefficient (Wildman–Crippen LogP) is 3.12. The highest BCUT2D eigenvalue weighted by Crippen LogP contribution is 2.24. The van der Waals surface area contributed by atoms with Crippen LogP contribution in [-0.4, -0.2) is 23.7 Å². The summed E-state index contributed by atoms with van der Waals surface area (Å²) >= 11 is 1.49. The molecule has 25 heavy (non-hydrogen) atoms. The molecule has 2 aromatic carbocycles. The molecule has 3 aromatic rings. The van der Waals surface area contributed by atoms with E-state index in [-0.39, 0.29) is 6.61 Å². The quantitative estimate of drug-likeness (QED) is 0.505. The molecule has 1 aromatic heterocycles. The number of nitrogens with two attached hydrogens (primary N) is 1. The molecule has 0 unspecified atom stereocenters. The van der Waals surface area contributed by atoms with Crippen LogP contribution >= 0.6 is 11.3 Å². The van der Waals surface area contributed by atoms with Crippen molar-refractivity contribution >= 4 is 28.6 Å². The van der Waals surface area contributed by atoms with E-state index in [2.05, 4.69) is 15.5 Å². The number of primary amides is 1. The third-order valence-corrected chi connectivity index (χ3v) is 3.96. The van der Waals surface area contributed by atoms with Crippen LogP contribution < -0.4 is 15.9 Å². The number of anilines is 1. The van der Waals surface area contributed by atoms with Crippen molar-refractivity contribution in [3.05, 3.63) is 65.5 Å². The first-order valence-electron chi connectivity index (χ1n) is 7.52. The van der Waals surface area contributed by atoms with Crippen LogP contribution in [-0.2, 0) is 4.79 Å². The Balaban J connectivity index is 1.56. The van der Waals surface area contributed by atoms with Crippen molar-refractivity contribution in [2.24, 2.45) is 10.8 Å². The summed E-state index contributed by atoms with van der Waals surface area (Å²) in [5, 5.41) is 6.88. The highest BCUT2D eigenvalue weighted by Gasteiger charge is 2.03. The Morgan fingerprint density at radius 2 is 1.96 bits per heavy atom. The maximum absolute atomic E-state index is 10.7. The van der Waals surface area contributed by atoms with Gasteiger partial charge in [0.05, 0.1) is 11.9 Å². The van der Waals surface area contributed by atoms with Crippen molar-refractivity contribution in [3.63, 3.8) is 0 Å². The molecule has 1 amide bonds. The molecule has 0 saturated heterocycles. The average Bonchev–Trinajstić information content (AvgIpc) is 3.11. The number of hydrazone groups is 1. The molecular formula is C18H16N4O2S. The second kappa shape index (κ2) is 8.07. The van der Waals surface area contributed by atoms with Gasteiger partial charge in [-0.15, -0.1) is 11.3 Å². The van der Waals surface area contributed by atoms with Crippen LogP contribution in [0.15, 0.2) is 65.1 Å². The lowest BCUT2D eigenvalue weighted by Gasteiger charge is -2.03. The number of amides is 1. The van der Waals surface area contributed by atoms with Gasteiger partial charge in [-0.2, -0.15) is 5.10 Å². The number of nitrogens with zero attached hydrogens (tertiary/aromatic N) is 2. The van der Waals surface area contributed by atoms with Crippen LogP contribution in [0.2, 0.25) is 0 Å². The van der Waals surface area contributed by atoms with Gasteiger partial charge in [0.2, 0.25) is 5.13 Å². The fourth-order valence-corrected chi connectivity index (χ4v) is 2.70. The van der Waals surface area contributed by atoms with E-state index >= 15 is 0 Å². The molecule has 0 fully saturated rings. The van der Waals surface area contributed by atoms with Gasteiger partial charge in [0.25, 0.3) is 5.91 Å². The lowest BCUT2D eigenvalue weighted by atomic mass is 10.2. The molecule has 3 N–H and O–H groups in total. The Morgan fingerprint density at radius 3 is 2.68 bits per heavy atom. The number of hydrogen-bond donors (Lipinski definition) is 2. The number of thiazole rings is 1. The zero-order valence-corrected chi connectivity index (χ0v) is 14.1. The van der Waals surface area contributed by atoms with E-state index in [0.29, 0.717) is 5.75 Å². The highest BCUT2D eigenvalue weighted by molar-refractivity contribution is 7.14. The Hall–Kier alpha value is -3.19. The molecule has 0 bridgehead atoms. The number of carbonyl (C=O) groups excluding carboxylic acids is 1. The van der Waals surface area contributed by atoms with E-state index in [1.807, 2.05) is 47.8 Å². The monoisotopic (exact) mass is 352 g/mol. The molecule has 7 heteroatoms. The van der Waals surface area contributed by atoms with Gasteiger partial charge in [0.15, 0.2) is 6.61 Å². The van der Waals surface area contributed by atoms with E-state index in [4.69, 9.17) is 10.5 Å². The predicted molar refractivity (Wildman–Crippen MR) is 99.9 cm³/mol.